The Labute approximate surface area is 107 Å². The molecule has 0 saturated carbocycles. The molecule has 0 bridgehead atoms. The minimum atomic E-state index is 0.779. The summed E-state index contributed by atoms with van der Waals surface area (Å²) in [6.45, 7) is 2.01. The maximum Gasteiger partial charge on any atom is 0.118 e. The van der Waals surface area contributed by atoms with Crippen LogP contribution in [0.25, 0.3) is 0 Å². The summed E-state index contributed by atoms with van der Waals surface area (Å²) in [4.78, 5) is 0. The maximum absolute atomic E-state index is 6.18. The minimum Gasteiger partial charge on any atom is -0.497 e. The van der Waals surface area contributed by atoms with Gasteiger partial charge in [0.25, 0.3) is 0 Å². The van der Waals surface area contributed by atoms with E-state index in [2.05, 4.69) is 6.07 Å². The zero-order valence-electron chi connectivity index (χ0n) is 9.96. The van der Waals surface area contributed by atoms with Crippen molar-refractivity contribution in [1.82, 2.24) is 0 Å². The number of methoxy groups -OCH3 is 1. The summed E-state index contributed by atoms with van der Waals surface area (Å²) in [7, 11) is 1.67. The number of hydrogen-bond donors (Lipinski definition) is 0. The first-order valence-corrected chi connectivity index (χ1v) is 5.86. The number of rotatable bonds is 3. The standard InChI is InChI=1S/C15H14ClO/c1-11-3-6-13(15(16)9-11)10-12-4-7-14(17-2)8-5-12/h3-5,7-9H,10H2,1-2H3. The second kappa shape index (κ2) is 5.24. The normalized spacial score (nSPS) is 10.3. The van der Waals surface area contributed by atoms with Crippen LogP contribution in [0.2, 0.25) is 5.02 Å². The lowest BCUT2D eigenvalue weighted by molar-refractivity contribution is 0.414. The number of hydrogen-bond acceptors (Lipinski definition) is 1. The summed E-state index contributed by atoms with van der Waals surface area (Å²) in [6.07, 6.45) is 0.795. The number of aryl methyl sites for hydroxylation is 1. The number of halogens is 1. The van der Waals surface area contributed by atoms with Crippen LogP contribution >= 0.6 is 11.6 Å². The lowest BCUT2D eigenvalue weighted by Gasteiger charge is -2.06. The van der Waals surface area contributed by atoms with E-state index in [1.54, 1.807) is 7.11 Å². The van der Waals surface area contributed by atoms with Gasteiger partial charge in [-0.2, -0.15) is 0 Å². The Morgan fingerprint density at radius 2 is 1.94 bits per heavy atom. The van der Waals surface area contributed by atoms with Crippen molar-refractivity contribution in [3.63, 3.8) is 0 Å². The van der Waals surface area contributed by atoms with Gasteiger partial charge in [0.2, 0.25) is 0 Å². The Bertz CT molecular complexity index is 503. The summed E-state index contributed by atoms with van der Waals surface area (Å²) >= 11 is 6.18. The van der Waals surface area contributed by atoms with E-state index in [4.69, 9.17) is 16.3 Å². The first-order chi connectivity index (χ1) is 8.19. The van der Waals surface area contributed by atoms with Crippen molar-refractivity contribution in [3.05, 3.63) is 64.2 Å². The molecule has 0 aliphatic carbocycles. The van der Waals surface area contributed by atoms with E-state index >= 15 is 0 Å². The SMILES string of the molecule is COc1ccc(Cc2[c]cc(C)cc2Cl)cc1. The lowest BCUT2D eigenvalue weighted by Crippen LogP contribution is -1.91. The molecule has 0 saturated heterocycles. The van der Waals surface area contributed by atoms with Gasteiger partial charge in [0, 0.05) is 5.02 Å². The minimum absolute atomic E-state index is 0.779. The fraction of sp³-hybridized carbons (Fsp3) is 0.200. The van der Waals surface area contributed by atoms with Crippen LogP contribution < -0.4 is 4.74 Å². The molecule has 0 amide bonds. The Hall–Kier alpha value is -1.47. The van der Waals surface area contributed by atoms with Crippen LogP contribution in [-0.2, 0) is 6.42 Å². The zero-order valence-corrected chi connectivity index (χ0v) is 10.7. The molecule has 0 spiro atoms. The van der Waals surface area contributed by atoms with Crippen LogP contribution in [-0.4, -0.2) is 7.11 Å². The van der Waals surface area contributed by atoms with Gasteiger partial charge in [0.05, 0.1) is 7.11 Å². The smallest absolute Gasteiger partial charge is 0.118 e. The van der Waals surface area contributed by atoms with Crippen molar-refractivity contribution in [3.8, 4) is 5.75 Å². The fourth-order valence-electron chi connectivity index (χ4n) is 1.68. The summed E-state index contributed by atoms with van der Waals surface area (Å²) in [5.74, 6) is 0.868. The van der Waals surface area contributed by atoms with Gasteiger partial charge in [-0.1, -0.05) is 29.8 Å². The van der Waals surface area contributed by atoms with Crippen LogP contribution in [0.1, 0.15) is 16.7 Å². The summed E-state index contributed by atoms with van der Waals surface area (Å²) < 4.78 is 5.12. The molecule has 0 atom stereocenters. The third kappa shape index (κ3) is 3.01. The van der Waals surface area contributed by atoms with E-state index in [9.17, 15) is 0 Å². The van der Waals surface area contributed by atoms with Crippen LogP contribution in [0.3, 0.4) is 0 Å². The molecule has 2 aromatic carbocycles. The molecular weight excluding hydrogens is 232 g/mol. The molecule has 1 nitrogen and oxygen atoms in total. The quantitative estimate of drug-likeness (QED) is 0.793. The molecule has 0 aromatic heterocycles. The average Bonchev–Trinajstić information content (AvgIpc) is 2.34. The highest BCUT2D eigenvalue weighted by Gasteiger charge is 2.02. The first-order valence-electron chi connectivity index (χ1n) is 5.48. The van der Waals surface area contributed by atoms with E-state index in [1.165, 1.54) is 5.56 Å². The van der Waals surface area contributed by atoms with Gasteiger partial charge in [-0.05, 0) is 54.3 Å². The van der Waals surface area contributed by atoms with E-state index in [-0.39, 0.29) is 0 Å². The van der Waals surface area contributed by atoms with Crippen molar-refractivity contribution in [2.75, 3.05) is 7.11 Å². The molecule has 2 aromatic rings. The van der Waals surface area contributed by atoms with E-state index in [1.807, 2.05) is 43.3 Å². The van der Waals surface area contributed by atoms with Crippen molar-refractivity contribution in [2.45, 2.75) is 13.3 Å². The molecule has 2 heteroatoms. The molecule has 87 valence electrons. The van der Waals surface area contributed by atoms with Crippen molar-refractivity contribution >= 4 is 11.6 Å². The van der Waals surface area contributed by atoms with Crippen LogP contribution in [0.4, 0.5) is 0 Å². The monoisotopic (exact) mass is 245 g/mol. The Kier molecular flexibility index (Phi) is 3.70. The van der Waals surface area contributed by atoms with Crippen molar-refractivity contribution in [2.24, 2.45) is 0 Å². The molecule has 17 heavy (non-hydrogen) atoms. The van der Waals surface area contributed by atoms with E-state index in [0.717, 1.165) is 28.3 Å². The summed E-state index contributed by atoms with van der Waals surface area (Å²) in [6, 6.07) is 15.2. The molecule has 1 radical (unpaired) electrons. The second-order valence-electron chi connectivity index (χ2n) is 4.03. The van der Waals surface area contributed by atoms with Gasteiger partial charge in [0.1, 0.15) is 5.75 Å². The van der Waals surface area contributed by atoms with Crippen molar-refractivity contribution < 1.29 is 4.74 Å². The Morgan fingerprint density at radius 1 is 1.24 bits per heavy atom. The maximum atomic E-state index is 6.18. The van der Waals surface area contributed by atoms with Gasteiger partial charge in [-0.3, -0.25) is 0 Å². The van der Waals surface area contributed by atoms with E-state index in [0.29, 0.717) is 0 Å². The van der Waals surface area contributed by atoms with Crippen molar-refractivity contribution in [1.29, 1.82) is 0 Å². The van der Waals surface area contributed by atoms with Gasteiger partial charge in [0.15, 0.2) is 0 Å². The Balaban J connectivity index is 2.19. The van der Waals surface area contributed by atoms with Gasteiger partial charge in [-0.25, -0.2) is 0 Å². The number of benzene rings is 2. The third-order valence-corrected chi connectivity index (χ3v) is 2.99. The largest absolute Gasteiger partial charge is 0.497 e. The fourth-order valence-corrected chi connectivity index (χ4v) is 1.98. The average molecular weight is 246 g/mol. The van der Waals surface area contributed by atoms with E-state index < -0.39 is 0 Å². The summed E-state index contributed by atoms with van der Waals surface area (Å²) in [5.41, 5.74) is 3.36. The molecule has 0 fully saturated rings. The predicted octanol–water partition coefficient (Wildman–Crippen LogP) is 4.05. The first kappa shape index (κ1) is 12.0. The third-order valence-electron chi connectivity index (χ3n) is 2.66. The molecule has 0 aliphatic heterocycles. The van der Waals surface area contributed by atoms with Crippen LogP contribution in [0, 0.1) is 13.0 Å². The molecular formula is C15H14ClO. The van der Waals surface area contributed by atoms with Gasteiger partial charge < -0.3 is 4.74 Å². The predicted molar refractivity (Wildman–Crippen MR) is 70.8 cm³/mol. The molecule has 0 heterocycles. The topological polar surface area (TPSA) is 9.23 Å². The van der Waals surface area contributed by atoms with Gasteiger partial charge >= 0.3 is 0 Å². The molecule has 2 rings (SSSR count). The summed E-state index contributed by atoms with van der Waals surface area (Å²) in [5, 5.41) is 0.779. The van der Waals surface area contributed by atoms with Gasteiger partial charge in [-0.15, -0.1) is 0 Å². The van der Waals surface area contributed by atoms with Crippen LogP contribution in [0.15, 0.2) is 36.4 Å². The molecule has 0 aliphatic rings. The number of ether oxygens (including phenoxy) is 1. The second-order valence-corrected chi connectivity index (χ2v) is 4.44. The Morgan fingerprint density at radius 3 is 2.53 bits per heavy atom. The molecule has 0 N–H and O–H groups in total. The zero-order chi connectivity index (χ0) is 12.3. The molecule has 0 unspecified atom stereocenters. The highest BCUT2D eigenvalue weighted by Crippen LogP contribution is 2.21. The highest BCUT2D eigenvalue weighted by molar-refractivity contribution is 6.31. The highest BCUT2D eigenvalue weighted by atomic mass is 35.5. The lowest BCUT2D eigenvalue weighted by atomic mass is 10.0. The van der Waals surface area contributed by atoms with Crippen LogP contribution in [0.5, 0.6) is 5.75 Å².